The lowest BCUT2D eigenvalue weighted by atomic mass is 10.2. The normalized spacial score (nSPS) is 14.1. The molecule has 0 bridgehead atoms. The highest BCUT2D eigenvalue weighted by Gasteiger charge is 2.09. The third-order valence-electron chi connectivity index (χ3n) is 3.14. The predicted molar refractivity (Wildman–Crippen MR) is 76.5 cm³/mol. The molecule has 2 N–H and O–H groups in total. The van der Waals surface area contributed by atoms with Crippen LogP contribution >= 0.6 is 0 Å². The maximum atomic E-state index is 5.94. The molecule has 0 saturated carbocycles. The largest absolute Gasteiger partial charge is 0.491 e. The smallest absolute Gasteiger partial charge is 0.121 e. The zero-order chi connectivity index (χ0) is 13.8. The molecule has 1 unspecified atom stereocenters. The number of benzene rings is 1. The standard InChI is InChI=1S/C15H21N3O/c1-4-11(2)19-14-7-5-6-13(8-14)18-10-17-9-15(18)12(3)16/h5-12H,4,16H2,1-3H3/t11?,12-/m0/s1. The molecular formula is C15H21N3O. The summed E-state index contributed by atoms with van der Waals surface area (Å²) in [6.07, 6.45) is 4.78. The Kier molecular flexibility index (Phi) is 4.22. The molecule has 1 aromatic heterocycles. The number of imidazole rings is 1. The summed E-state index contributed by atoms with van der Waals surface area (Å²) in [6, 6.07) is 7.94. The van der Waals surface area contributed by atoms with Gasteiger partial charge in [-0.25, -0.2) is 4.98 Å². The monoisotopic (exact) mass is 259 g/mol. The van der Waals surface area contributed by atoms with Crippen LogP contribution in [0.5, 0.6) is 5.75 Å². The average Bonchev–Trinajstić information content (AvgIpc) is 2.88. The first kappa shape index (κ1) is 13.6. The first-order chi connectivity index (χ1) is 9.11. The molecule has 2 rings (SSSR count). The van der Waals surface area contributed by atoms with Gasteiger partial charge in [0.25, 0.3) is 0 Å². The Morgan fingerprint density at radius 1 is 1.37 bits per heavy atom. The first-order valence-electron chi connectivity index (χ1n) is 6.66. The lowest BCUT2D eigenvalue weighted by molar-refractivity contribution is 0.217. The summed E-state index contributed by atoms with van der Waals surface area (Å²) >= 11 is 0. The molecule has 0 aliphatic carbocycles. The molecule has 0 aliphatic rings. The van der Waals surface area contributed by atoms with Gasteiger partial charge in [0, 0.05) is 12.1 Å². The highest BCUT2D eigenvalue weighted by Crippen LogP contribution is 2.21. The minimum atomic E-state index is -0.0540. The van der Waals surface area contributed by atoms with Gasteiger partial charge in [-0.15, -0.1) is 0 Å². The van der Waals surface area contributed by atoms with E-state index in [1.807, 2.05) is 35.8 Å². The van der Waals surface area contributed by atoms with Gasteiger partial charge in [0.2, 0.25) is 0 Å². The Morgan fingerprint density at radius 2 is 2.16 bits per heavy atom. The van der Waals surface area contributed by atoms with Gasteiger partial charge >= 0.3 is 0 Å². The molecule has 0 spiro atoms. The highest BCUT2D eigenvalue weighted by atomic mass is 16.5. The minimum absolute atomic E-state index is 0.0540. The van der Waals surface area contributed by atoms with E-state index in [1.165, 1.54) is 0 Å². The van der Waals surface area contributed by atoms with E-state index in [4.69, 9.17) is 10.5 Å². The van der Waals surface area contributed by atoms with Crippen LogP contribution < -0.4 is 10.5 Å². The third kappa shape index (κ3) is 3.15. The topological polar surface area (TPSA) is 53.1 Å². The van der Waals surface area contributed by atoms with Crippen LogP contribution in [0.2, 0.25) is 0 Å². The molecule has 0 amide bonds. The van der Waals surface area contributed by atoms with E-state index in [2.05, 4.69) is 18.8 Å². The van der Waals surface area contributed by atoms with Crippen LogP contribution in [0, 0.1) is 0 Å². The Morgan fingerprint density at radius 3 is 2.84 bits per heavy atom. The lowest BCUT2D eigenvalue weighted by Gasteiger charge is -2.15. The molecule has 0 aliphatic heterocycles. The molecule has 2 atom stereocenters. The van der Waals surface area contributed by atoms with E-state index in [1.54, 1.807) is 12.5 Å². The van der Waals surface area contributed by atoms with Gasteiger partial charge in [-0.2, -0.15) is 0 Å². The SMILES string of the molecule is CCC(C)Oc1cccc(-n2cncc2[C@H](C)N)c1. The molecule has 0 radical (unpaired) electrons. The third-order valence-corrected chi connectivity index (χ3v) is 3.14. The van der Waals surface area contributed by atoms with Gasteiger partial charge in [-0.1, -0.05) is 13.0 Å². The number of rotatable bonds is 5. The number of hydrogen-bond acceptors (Lipinski definition) is 3. The van der Waals surface area contributed by atoms with E-state index in [-0.39, 0.29) is 12.1 Å². The second kappa shape index (κ2) is 5.89. The van der Waals surface area contributed by atoms with Gasteiger partial charge in [-0.3, -0.25) is 0 Å². The van der Waals surface area contributed by atoms with Gasteiger partial charge in [-0.05, 0) is 32.4 Å². The highest BCUT2D eigenvalue weighted by molar-refractivity contribution is 5.40. The van der Waals surface area contributed by atoms with E-state index >= 15 is 0 Å². The Bertz CT molecular complexity index is 534. The zero-order valence-electron chi connectivity index (χ0n) is 11.7. The fraction of sp³-hybridized carbons (Fsp3) is 0.400. The van der Waals surface area contributed by atoms with Crippen molar-refractivity contribution in [3.63, 3.8) is 0 Å². The minimum Gasteiger partial charge on any atom is -0.491 e. The lowest BCUT2D eigenvalue weighted by Crippen LogP contribution is -2.12. The molecule has 4 heteroatoms. The number of nitrogens with zero attached hydrogens (tertiary/aromatic N) is 2. The van der Waals surface area contributed by atoms with Crippen molar-refractivity contribution < 1.29 is 4.74 Å². The van der Waals surface area contributed by atoms with Crippen LogP contribution in [0.25, 0.3) is 5.69 Å². The summed E-state index contributed by atoms with van der Waals surface area (Å²) in [6.45, 7) is 6.13. The number of ether oxygens (including phenoxy) is 1. The van der Waals surface area contributed by atoms with Gasteiger partial charge in [0.05, 0.1) is 30.0 Å². The Balaban J connectivity index is 2.30. The molecule has 0 fully saturated rings. The van der Waals surface area contributed by atoms with Crippen LogP contribution in [0.15, 0.2) is 36.8 Å². The Hall–Kier alpha value is -1.81. The molecule has 1 heterocycles. The van der Waals surface area contributed by atoms with Crippen molar-refractivity contribution in [1.82, 2.24) is 9.55 Å². The van der Waals surface area contributed by atoms with Crippen LogP contribution in [0.3, 0.4) is 0 Å². The van der Waals surface area contributed by atoms with Crippen molar-refractivity contribution in [1.29, 1.82) is 0 Å². The van der Waals surface area contributed by atoms with Crippen molar-refractivity contribution in [3.05, 3.63) is 42.5 Å². The van der Waals surface area contributed by atoms with Crippen LogP contribution in [-0.2, 0) is 0 Å². The maximum Gasteiger partial charge on any atom is 0.121 e. The van der Waals surface area contributed by atoms with Gasteiger partial charge in [0.1, 0.15) is 5.75 Å². The fourth-order valence-corrected chi connectivity index (χ4v) is 1.88. The second-order valence-electron chi connectivity index (χ2n) is 4.81. The van der Waals surface area contributed by atoms with E-state index in [0.717, 1.165) is 23.6 Å². The summed E-state index contributed by atoms with van der Waals surface area (Å²) in [5.41, 5.74) is 7.95. The first-order valence-corrected chi connectivity index (χ1v) is 6.66. The van der Waals surface area contributed by atoms with Crippen LogP contribution in [0.4, 0.5) is 0 Å². The van der Waals surface area contributed by atoms with Crippen molar-refractivity contribution in [2.24, 2.45) is 5.73 Å². The van der Waals surface area contributed by atoms with Crippen molar-refractivity contribution in [2.75, 3.05) is 0 Å². The van der Waals surface area contributed by atoms with E-state index < -0.39 is 0 Å². The summed E-state index contributed by atoms with van der Waals surface area (Å²) < 4.78 is 7.83. The Labute approximate surface area is 114 Å². The zero-order valence-corrected chi connectivity index (χ0v) is 11.7. The fourth-order valence-electron chi connectivity index (χ4n) is 1.88. The van der Waals surface area contributed by atoms with Crippen molar-refractivity contribution in [2.45, 2.75) is 39.3 Å². The predicted octanol–water partition coefficient (Wildman–Crippen LogP) is 3.07. The number of hydrogen-bond donors (Lipinski definition) is 1. The van der Waals surface area contributed by atoms with Gasteiger partial charge < -0.3 is 15.0 Å². The molecular weight excluding hydrogens is 238 g/mol. The summed E-state index contributed by atoms with van der Waals surface area (Å²) in [5.74, 6) is 0.871. The van der Waals surface area contributed by atoms with E-state index in [0.29, 0.717) is 0 Å². The molecule has 19 heavy (non-hydrogen) atoms. The molecule has 4 nitrogen and oxygen atoms in total. The number of aromatic nitrogens is 2. The van der Waals surface area contributed by atoms with Crippen LogP contribution in [-0.4, -0.2) is 15.7 Å². The quantitative estimate of drug-likeness (QED) is 0.897. The average molecular weight is 259 g/mol. The van der Waals surface area contributed by atoms with Crippen molar-refractivity contribution in [3.8, 4) is 11.4 Å². The molecule has 2 aromatic rings. The molecule has 102 valence electrons. The van der Waals surface area contributed by atoms with Crippen molar-refractivity contribution >= 4 is 0 Å². The second-order valence-corrected chi connectivity index (χ2v) is 4.81. The summed E-state index contributed by atoms with van der Waals surface area (Å²) in [4.78, 5) is 4.17. The van der Waals surface area contributed by atoms with Gasteiger partial charge in [0.15, 0.2) is 0 Å². The summed E-state index contributed by atoms with van der Waals surface area (Å²) in [7, 11) is 0. The maximum absolute atomic E-state index is 5.94. The number of nitrogens with two attached hydrogens (primary N) is 1. The van der Waals surface area contributed by atoms with E-state index in [9.17, 15) is 0 Å². The summed E-state index contributed by atoms with van der Waals surface area (Å²) in [5, 5.41) is 0. The molecule has 1 aromatic carbocycles. The van der Waals surface area contributed by atoms with Crippen LogP contribution in [0.1, 0.15) is 38.9 Å². The molecule has 0 saturated heterocycles.